The van der Waals surface area contributed by atoms with E-state index in [9.17, 15) is 23.3 Å². The maximum atomic E-state index is 13.4. The van der Waals surface area contributed by atoms with Gasteiger partial charge in [-0.2, -0.15) is 0 Å². The number of amides is 1. The van der Waals surface area contributed by atoms with Crippen LogP contribution in [0.5, 0.6) is 5.75 Å². The van der Waals surface area contributed by atoms with Crippen LogP contribution in [0.4, 0.5) is 11.4 Å². The van der Waals surface area contributed by atoms with E-state index in [0.29, 0.717) is 17.5 Å². The van der Waals surface area contributed by atoms with Crippen LogP contribution in [0.15, 0.2) is 101 Å². The van der Waals surface area contributed by atoms with Gasteiger partial charge in [0.15, 0.2) is 0 Å². The fourth-order valence-electron chi connectivity index (χ4n) is 7.12. The summed E-state index contributed by atoms with van der Waals surface area (Å²) >= 11 is 1.65. The molecule has 2 heterocycles. The average molecular weight is 817 g/mol. The molecule has 0 aliphatic carbocycles. The number of ether oxygens (including phenoxy) is 2. The zero-order valence-corrected chi connectivity index (χ0v) is 34.2. The Hall–Kier alpha value is -4.51. The lowest BCUT2D eigenvalue weighted by molar-refractivity contribution is -0.384. The smallest absolute Gasteiger partial charge is 0.293 e. The van der Waals surface area contributed by atoms with Crippen molar-refractivity contribution < 1.29 is 27.6 Å². The molecule has 4 aromatic carbocycles. The zero-order valence-electron chi connectivity index (χ0n) is 32.5. The van der Waals surface area contributed by atoms with Crippen molar-refractivity contribution in [2.75, 3.05) is 77.2 Å². The number of hydrogen-bond acceptors (Lipinski definition) is 12. The molecule has 0 saturated carbocycles. The van der Waals surface area contributed by atoms with Gasteiger partial charge in [-0.3, -0.25) is 24.7 Å². The van der Waals surface area contributed by atoms with Crippen molar-refractivity contribution in [1.29, 1.82) is 0 Å². The minimum absolute atomic E-state index is 0.117. The lowest BCUT2D eigenvalue weighted by Gasteiger charge is -2.35. The van der Waals surface area contributed by atoms with Gasteiger partial charge in [0, 0.05) is 79.2 Å². The SMILES string of the molecule is COc1cc(CCCN2CCOCC2)ccc1-c1ccc(C(=O)NS(=O)(=O)c2ccc(N[C@H](CCN3CCNCC3C)CSc3ccccc3)c([N+](=O)[O-])c2)cc1. The first kappa shape index (κ1) is 42.1. The quantitative estimate of drug-likeness (QED) is 0.0622. The molecular weight excluding hydrogens is 765 g/mol. The number of piperazine rings is 1. The van der Waals surface area contributed by atoms with E-state index >= 15 is 0 Å². The Morgan fingerprint density at radius 2 is 1.79 bits per heavy atom. The Balaban J connectivity index is 1.11. The van der Waals surface area contributed by atoms with E-state index in [1.165, 1.54) is 12.1 Å². The minimum atomic E-state index is -4.46. The topological polar surface area (TPSA) is 155 Å². The van der Waals surface area contributed by atoms with Crippen molar-refractivity contribution in [3.63, 3.8) is 0 Å². The van der Waals surface area contributed by atoms with E-state index in [0.717, 1.165) is 106 Å². The van der Waals surface area contributed by atoms with Crippen molar-refractivity contribution in [3.05, 3.63) is 112 Å². The summed E-state index contributed by atoms with van der Waals surface area (Å²) in [5.74, 6) is 0.493. The molecule has 2 aliphatic rings. The number of thioether (sulfide) groups is 1. The molecule has 15 heteroatoms. The average Bonchev–Trinajstić information content (AvgIpc) is 3.23. The van der Waals surface area contributed by atoms with Gasteiger partial charge in [-0.25, -0.2) is 13.1 Å². The van der Waals surface area contributed by atoms with Gasteiger partial charge in [-0.1, -0.05) is 42.5 Å². The fraction of sp³-hybridized carbons (Fsp3) is 0.405. The lowest BCUT2D eigenvalue weighted by Crippen LogP contribution is -2.50. The number of aryl methyl sites for hydroxylation is 1. The number of rotatable bonds is 18. The molecule has 0 bridgehead atoms. The van der Waals surface area contributed by atoms with Crippen LogP contribution in [-0.2, 0) is 21.2 Å². The number of carbonyl (C=O) groups is 1. The van der Waals surface area contributed by atoms with Crippen LogP contribution in [0.1, 0.15) is 35.7 Å². The normalized spacial score (nSPS) is 17.1. The molecule has 1 amide bonds. The van der Waals surface area contributed by atoms with Gasteiger partial charge in [0.1, 0.15) is 11.4 Å². The third-order valence-electron chi connectivity index (χ3n) is 10.4. The van der Waals surface area contributed by atoms with Gasteiger partial charge >= 0.3 is 0 Å². The van der Waals surface area contributed by atoms with Gasteiger partial charge in [-0.05, 0) is 86.3 Å². The Morgan fingerprint density at radius 3 is 2.51 bits per heavy atom. The highest BCUT2D eigenvalue weighted by Gasteiger charge is 2.26. The molecule has 3 N–H and O–H groups in total. The molecule has 0 radical (unpaired) electrons. The highest BCUT2D eigenvalue weighted by Crippen LogP contribution is 2.33. The molecule has 0 aromatic heterocycles. The predicted molar refractivity (Wildman–Crippen MR) is 225 cm³/mol. The first-order valence-electron chi connectivity index (χ1n) is 19.4. The summed E-state index contributed by atoms with van der Waals surface area (Å²) < 4.78 is 40.1. The molecule has 2 saturated heterocycles. The number of nitrogens with zero attached hydrogens (tertiary/aromatic N) is 3. The third-order valence-corrected chi connectivity index (χ3v) is 12.9. The van der Waals surface area contributed by atoms with Gasteiger partial charge in [-0.15, -0.1) is 11.8 Å². The van der Waals surface area contributed by atoms with Gasteiger partial charge < -0.3 is 20.1 Å². The summed E-state index contributed by atoms with van der Waals surface area (Å²) in [6.07, 6.45) is 2.66. The second-order valence-corrected chi connectivity index (χ2v) is 17.2. The third kappa shape index (κ3) is 11.8. The first-order chi connectivity index (χ1) is 27.6. The van der Waals surface area contributed by atoms with E-state index in [1.54, 1.807) is 43.1 Å². The summed E-state index contributed by atoms with van der Waals surface area (Å²) in [5.41, 5.74) is 2.74. The van der Waals surface area contributed by atoms with E-state index in [-0.39, 0.29) is 22.2 Å². The lowest BCUT2D eigenvalue weighted by atomic mass is 9.99. The number of nitro groups is 1. The minimum Gasteiger partial charge on any atom is -0.496 e. The summed E-state index contributed by atoms with van der Waals surface area (Å²) in [7, 11) is -2.84. The highest BCUT2D eigenvalue weighted by molar-refractivity contribution is 7.99. The van der Waals surface area contributed by atoms with E-state index < -0.39 is 26.5 Å². The Kier molecular flexibility index (Phi) is 15.0. The summed E-state index contributed by atoms with van der Waals surface area (Å²) in [4.78, 5) is 30.5. The number of hydrogen-bond donors (Lipinski definition) is 3. The number of nitro benzene ring substituents is 1. The van der Waals surface area contributed by atoms with Crippen LogP contribution in [0.3, 0.4) is 0 Å². The van der Waals surface area contributed by atoms with Crippen molar-refractivity contribution >= 4 is 39.1 Å². The largest absolute Gasteiger partial charge is 0.496 e. The Labute approximate surface area is 339 Å². The fourth-order valence-corrected chi connectivity index (χ4v) is 9.11. The van der Waals surface area contributed by atoms with Crippen LogP contribution >= 0.6 is 11.8 Å². The maximum absolute atomic E-state index is 13.4. The molecule has 2 aliphatic heterocycles. The number of methoxy groups -OCH3 is 1. The Bertz CT molecular complexity index is 2070. The van der Waals surface area contributed by atoms with E-state index in [2.05, 4.69) is 38.1 Å². The van der Waals surface area contributed by atoms with Crippen molar-refractivity contribution in [2.24, 2.45) is 0 Å². The zero-order chi connectivity index (χ0) is 40.2. The molecule has 13 nitrogen and oxygen atoms in total. The molecule has 0 spiro atoms. The highest BCUT2D eigenvalue weighted by atomic mass is 32.2. The molecule has 6 rings (SSSR count). The number of morpholine rings is 1. The van der Waals surface area contributed by atoms with Gasteiger partial charge in [0.05, 0.1) is 30.1 Å². The van der Waals surface area contributed by atoms with Crippen LogP contribution in [0.25, 0.3) is 11.1 Å². The molecule has 1 unspecified atom stereocenters. The summed E-state index contributed by atoms with van der Waals surface area (Å²) in [6.45, 7) is 10.2. The summed E-state index contributed by atoms with van der Waals surface area (Å²) in [6, 6.07) is 26.5. The summed E-state index contributed by atoms with van der Waals surface area (Å²) in [5, 5.41) is 19.1. The predicted octanol–water partition coefficient (Wildman–Crippen LogP) is 5.91. The molecule has 4 aromatic rings. The van der Waals surface area contributed by atoms with Gasteiger partial charge in [0.2, 0.25) is 0 Å². The van der Waals surface area contributed by atoms with E-state index in [1.807, 2.05) is 42.5 Å². The maximum Gasteiger partial charge on any atom is 0.293 e. The molecular formula is C42H52N6O7S2. The number of carbonyl (C=O) groups excluding carboxylic acids is 1. The molecule has 2 fully saturated rings. The number of nitrogens with one attached hydrogen (secondary N) is 3. The number of sulfonamides is 1. The van der Waals surface area contributed by atoms with Crippen molar-refractivity contribution in [1.82, 2.24) is 19.8 Å². The second-order valence-electron chi connectivity index (χ2n) is 14.4. The number of benzene rings is 4. The Morgan fingerprint density at radius 1 is 1.02 bits per heavy atom. The van der Waals surface area contributed by atoms with Gasteiger partial charge in [0.25, 0.3) is 21.6 Å². The van der Waals surface area contributed by atoms with Crippen molar-refractivity contribution in [2.45, 2.75) is 48.1 Å². The second kappa shape index (κ2) is 20.3. The van der Waals surface area contributed by atoms with Crippen LogP contribution in [0, 0.1) is 10.1 Å². The molecule has 304 valence electrons. The van der Waals surface area contributed by atoms with Crippen LogP contribution in [0.2, 0.25) is 0 Å². The standard InChI is InChI=1S/C42H52N6O7S2/c1-31-29-43-19-22-47(31)21-18-35(30-56-36-8-4-3-5-9-36)44-39-17-15-37(28-40(39)48(50)51)57(52,53)45-42(49)34-13-11-33(12-14-34)38-16-10-32(27-41(38)54-2)7-6-20-46-23-25-55-26-24-46/h3-5,8-17,27-28,31,35,43-44H,6-7,18-26,29-30H2,1-2H3,(H,45,49)/t31?,35-/m1/s1. The van der Waals surface area contributed by atoms with Crippen LogP contribution < -0.4 is 20.1 Å². The first-order valence-corrected chi connectivity index (χ1v) is 21.9. The molecule has 57 heavy (non-hydrogen) atoms. The number of anilines is 1. The van der Waals surface area contributed by atoms with E-state index in [4.69, 9.17) is 9.47 Å². The van der Waals surface area contributed by atoms with Crippen LogP contribution in [-0.4, -0.2) is 113 Å². The van der Waals surface area contributed by atoms with Crippen molar-refractivity contribution in [3.8, 4) is 16.9 Å². The monoisotopic (exact) mass is 816 g/mol. The molecule has 2 atom stereocenters.